The lowest BCUT2D eigenvalue weighted by molar-refractivity contribution is -0.112. The lowest BCUT2D eigenvalue weighted by atomic mass is 9.97. The molecular weight excluding hydrogens is 450 g/mol. The number of primary amides is 1. The van der Waals surface area contributed by atoms with Gasteiger partial charge in [0.15, 0.2) is 17.7 Å². The molecule has 4 N–H and O–H groups in total. The zero-order valence-corrected chi connectivity index (χ0v) is 20.0. The molecule has 0 aromatic heterocycles. The normalized spacial score (nSPS) is 19.6. The van der Waals surface area contributed by atoms with Gasteiger partial charge in [0, 0.05) is 29.9 Å². The van der Waals surface area contributed by atoms with E-state index in [0.717, 1.165) is 19.6 Å². The first-order valence-electron chi connectivity index (χ1n) is 12.0. The van der Waals surface area contributed by atoms with Crippen molar-refractivity contribution in [3.63, 3.8) is 0 Å². The third-order valence-electron chi connectivity index (χ3n) is 6.75. The Morgan fingerprint density at radius 1 is 1.09 bits per heavy atom. The number of hydrogen-bond acceptors (Lipinski definition) is 9. The first kappa shape index (κ1) is 23.1. The second kappa shape index (κ2) is 9.18. The highest BCUT2D eigenvalue weighted by Crippen LogP contribution is 2.44. The number of amides is 1. The fourth-order valence-corrected chi connectivity index (χ4v) is 4.94. The van der Waals surface area contributed by atoms with Crippen molar-refractivity contribution < 1.29 is 24.5 Å². The summed E-state index contributed by atoms with van der Waals surface area (Å²) < 4.78 is 11.0. The van der Waals surface area contributed by atoms with Crippen molar-refractivity contribution in [2.24, 2.45) is 10.8 Å². The van der Waals surface area contributed by atoms with Gasteiger partial charge in [-0.1, -0.05) is 13.8 Å². The van der Waals surface area contributed by atoms with Crippen molar-refractivity contribution in [3.8, 4) is 23.0 Å². The minimum Gasteiger partial charge on any atom is -0.508 e. The highest BCUT2D eigenvalue weighted by molar-refractivity contribution is 6.43. The third-order valence-corrected chi connectivity index (χ3v) is 6.75. The molecule has 0 saturated carbocycles. The molecular formula is C25H31N5O5. The Balaban J connectivity index is 1.60. The van der Waals surface area contributed by atoms with Crippen LogP contribution in [0.2, 0.25) is 0 Å². The van der Waals surface area contributed by atoms with E-state index in [1.54, 1.807) is 28.1 Å². The van der Waals surface area contributed by atoms with E-state index in [-0.39, 0.29) is 30.0 Å². The van der Waals surface area contributed by atoms with Crippen LogP contribution in [0.25, 0.3) is 0 Å². The number of nitrogens with two attached hydrogens (primary N) is 1. The number of phenols is 2. The van der Waals surface area contributed by atoms with E-state index in [9.17, 15) is 15.0 Å². The molecule has 35 heavy (non-hydrogen) atoms. The summed E-state index contributed by atoms with van der Waals surface area (Å²) in [6.07, 6.45) is 1.68. The Labute approximate surface area is 204 Å². The molecule has 1 saturated heterocycles. The van der Waals surface area contributed by atoms with Gasteiger partial charge in [0.1, 0.15) is 11.5 Å². The number of anilines is 1. The molecule has 1 fully saturated rings. The van der Waals surface area contributed by atoms with Crippen molar-refractivity contribution in [1.82, 2.24) is 9.91 Å². The van der Waals surface area contributed by atoms with Gasteiger partial charge in [0.05, 0.1) is 6.54 Å². The molecule has 0 radical (unpaired) electrons. The van der Waals surface area contributed by atoms with Gasteiger partial charge < -0.3 is 30.3 Å². The molecule has 5 rings (SSSR count). The fourth-order valence-electron chi connectivity index (χ4n) is 4.94. The molecule has 3 heterocycles. The highest BCUT2D eigenvalue weighted by Gasteiger charge is 2.41. The summed E-state index contributed by atoms with van der Waals surface area (Å²) in [7, 11) is 0. The molecule has 10 heteroatoms. The van der Waals surface area contributed by atoms with Gasteiger partial charge in [-0.15, -0.1) is 0 Å². The lowest BCUT2D eigenvalue weighted by Gasteiger charge is -2.33. The summed E-state index contributed by atoms with van der Waals surface area (Å²) in [4.78, 5) is 16.6. The van der Waals surface area contributed by atoms with Crippen LogP contribution in [0.15, 0.2) is 35.4 Å². The van der Waals surface area contributed by atoms with E-state index < -0.39 is 12.1 Å². The topological polar surface area (TPSA) is 124 Å². The Hall–Kier alpha value is -3.66. The molecule has 2 aromatic carbocycles. The average Bonchev–Trinajstić information content (AvgIpc) is 3.56. The van der Waals surface area contributed by atoms with Crippen molar-refractivity contribution in [1.29, 1.82) is 0 Å². The minimum absolute atomic E-state index is 0.0179. The second-order valence-electron chi connectivity index (χ2n) is 9.41. The zero-order chi connectivity index (χ0) is 24.7. The van der Waals surface area contributed by atoms with E-state index in [4.69, 9.17) is 15.2 Å². The zero-order valence-electron chi connectivity index (χ0n) is 20.0. The Morgan fingerprint density at radius 3 is 2.54 bits per heavy atom. The number of carbonyl (C=O) groups excluding carboxylic acids is 1. The number of fused-ring (bicyclic) bond motifs is 1. The molecule has 1 unspecified atom stereocenters. The quantitative estimate of drug-likeness (QED) is 0.551. The number of nitrogens with zero attached hydrogens (tertiary/aromatic N) is 4. The van der Waals surface area contributed by atoms with Gasteiger partial charge in [-0.25, -0.2) is 0 Å². The smallest absolute Gasteiger partial charge is 0.286 e. The van der Waals surface area contributed by atoms with E-state index in [1.807, 2.05) is 19.9 Å². The van der Waals surface area contributed by atoms with Crippen LogP contribution >= 0.6 is 0 Å². The second-order valence-corrected chi connectivity index (χ2v) is 9.41. The first-order valence-corrected chi connectivity index (χ1v) is 12.0. The van der Waals surface area contributed by atoms with Crippen molar-refractivity contribution >= 4 is 17.4 Å². The minimum atomic E-state index is -0.682. The van der Waals surface area contributed by atoms with Crippen LogP contribution in [0.4, 0.5) is 5.69 Å². The summed E-state index contributed by atoms with van der Waals surface area (Å²) in [5.74, 6) is 0.501. The van der Waals surface area contributed by atoms with Crippen LogP contribution < -0.4 is 20.1 Å². The number of hydrazone groups is 1. The average molecular weight is 482 g/mol. The van der Waals surface area contributed by atoms with Crippen molar-refractivity contribution in [2.75, 3.05) is 37.9 Å². The van der Waals surface area contributed by atoms with Gasteiger partial charge >= 0.3 is 0 Å². The summed E-state index contributed by atoms with van der Waals surface area (Å²) >= 11 is 0. The molecule has 1 atom stereocenters. The molecule has 1 amide bonds. The molecule has 0 bridgehead atoms. The first-order chi connectivity index (χ1) is 16.8. The van der Waals surface area contributed by atoms with Gasteiger partial charge in [-0.05, 0) is 55.6 Å². The molecule has 3 aliphatic rings. The standard InChI is InChI=1S/C25H31N5O5/c1-15(2)17-12-18(20(32)13-19(17)31)25-29(10-9-28-7-3-4-8-28)27-24(23(26)33)30(25)16-5-6-21-22(11-16)35-14-34-21/h5-6,11-13,15,25,31-32H,3-4,7-10,14H2,1-2H3,(H2,26,33). The predicted molar refractivity (Wildman–Crippen MR) is 131 cm³/mol. The fraction of sp³-hybridized carbons (Fsp3) is 0.440. The van der Waals surface area contributed by atoms with E-state index in [0.29, 0.717) is 34.9 Å². The number of phenolic OH excluding ortho intramolecular Hbond substituents is 2. The van der Waals surface area contributed by atoms with Crippen LogP contribution in [0.3, 0.4) is 0 Å². The van der Waals surface area contributed by atoms with Crippen molar-refractivity contribution in [3.05, 3.63) is 41.5 Å². The number of benzene rings is 2. The number of rotatable bonds is 7. The Kier molecular flexibility index (Phi) is 6.06. The van der Waals surface area contributed by atoms with Crippen molar-refractivity contribution in [2.45, 2.75) is 38.8 Å². The summed E-state index contributed by atoms with van der Waals surface area (Å²) in [6.45, 7) is 7.40. The van der Waals surface area contributed by atoms with E-state index in [2.05, 4.69) is 10.0 Å². The van der Waals surface area contributed by atoms with E-state index >= 15 is 0 Å². The summed E-state index contributed by atoms with van der Waals surface area (Å²) in [6, 6.07) is 8.49. The number of likely N-dealkylation sites (tertiary alicyclic amines) is 1. The SMILES string of the molecule is CC(C)c1cc(C2N(CCN3CCCC3)N=C(C(N)=O)N2c2ccc3c(c2)OCO3)c(O)cc1O. The van der Waals surface area contributed by atoms with Gasteiger partial charge in [0.2, 0.25) is 12.6 Å². The van der Waals surface area contributed by atoms with Crippen LogP contribution in [-0.4, -0.2) is 64.8 Å². The van der Waals surface area contributed by atoms with Crippen LogP contribution in [-0.2, 0) is 4.79 Å². The van der Waals surface area contributed by atoms with E-state index in [1.165, 1.54) is 18.9 Å². The Bertz CT molecular complexity index is 1160. The molecule has 186 valence electrons. The summed E-state index contributed by atoms with van der Waals surface area (Å²) in [5, 5.41) is 27.8. The van der Waals surface area contributed by atoms with Crippen LogP contribution in [0.1, 0.15) is 49.9 Å². The number of carbonyl (C=O) groups is 1. The molecule has 3 aliphatic heterocycles. The number of aromatic hydroxyl groups is 2. The largest absolute Gasteiger partial charge is 0.508 e. The Morgan fingerprint density at radius 2 is 1.83 bits per heavy atom. The molecule has 0 spiro atoms. The molecule has 10 nitrogen and oxygen atoms in total. The number of hydrogen-bond donors (Lipinski definition) is 3. The van der Waals surface area contributed by atoms with Gasteiger partial charge in [-0.2, -0.15) is 5.10 Å². The lowest BCUT2D eigenvalue weighted by Crippen LogP contribution is -2.42. The molecule has 0 aliphatic carbocycles. The summed E-state index contributed by atoms with van der Waals surface area (Å²) in [5.41, 5.74) is 7.63. The van der Waals surface area contributed by atoms with Crippen LogP contribution in [0.5, 0.6) is 23.0 Å². The van der Waals surface area contributed by atoms with Gasteiger partial charge in [-0.3, -0.25) is 14.7 Å². The number of amidine groups is 1. The van der Waals surface area contributed by atoms with Gasteiger partial charge in [0.25, 0.3) is 5.91 Å². The predicted octanol–water partition coefficient (Wildman–Crippen LogP) is 2.67. The maximum Gasteiger partial charge on any atom is 0.286 e. The maximum atomic E-state index is 12.6. The molecule has 2 aromatic rings. The number of ether oxygens (including phenoxy) is 2. The highest BCUT2D eigenvalue weighted by atomic mass is 16.7. The maximum absolute atomic E-state index is 12.6. The third kappa shape index (κ3) is 4.29. The van der Waals surface area contributed by atoms with Crippen LogP contribution in [0, 0.1) is 0 Å². The monoisotopic (exact) mass is 481 g/mol.